The van der Waals surface area contributed by atoms with Gasteiger partial charge in [-0.15, -0.1) is 6.58 Å². The minimum absolute atomic E-state index is 0.156. The molecule has 3 aromatic heterocycles. The van der Waals surface area contributed by atoms with Crippen LogP contribution < -0.4 is 5.32 Å². The largest absolute Gasteiger partial charge is 0.320 e. The first kappa shape index (κ1) is 24.6. The van der Waals surface area contributed by atoms with E-state index < -0.39 is 0 Å². The molecule has 0 spiro atoms. The first-order valence-corrected chi connectivity index (χ1v) is 12.1. The molecule has 1 amide bonds. The number of carbonyl (C=O) groups is 2. The minimum Gasteiger partial charge on any atom is -0.320 e. The number of carbonyl (C=O) groups excluding carboxylic acids is 2. The summed E-state index contributed by atoms with van der Waals surface area (Å²) < 4.78 is 3.32. The number of rotatable bonds is 8. The second-order valence-electron chi connectivity index (χ2n) is 8.89. The van der Waals surface area contributed by atoms with E-state index in [-0.39, 0.29) is 11.7 Å². The van der Waals surface area contributed by atoms with Gasteiger partial charge in [0.25, 0.3) is 5.91 Å². The molecule has 0 atom stereocenters. The van der Waals surface area contributed by atoms with Crippen LogP contribution in [0.1, 0.15) is 43.4 Å². The number of aryl methyl sites for hydroxylation is 2. The number of anilines is 1. The van der Waals surface area contributed by atoms with Gasteiger partial charge >= 0.3 is 0 Å². The van der Waals surface area contributed by atoms with Gasteiger partial charge < -0.3 is 5.32 Å². The van der Waals surface area contributed by atoms with Gasteiger partial charge in [-0.05, 0) is 55.8 Å². The molecule has 5 aromatic rings. The lowest BCUT2D eigenvalue weighted by atomic mass is 10.00. The van der Waals surface area contributed by atoms with Crippen LogP contribution in [-0.2, 0) is 6.54 Å². The Labute approximate surface area is 219 Å². The normalized spacial score (nSPS) is 11.2. The van der Waals surface area contributed by atoms with Crippen molar-refractivity contribution in [3.63, 3.8) is 0 Å². The predicted octanol–water partition coefficient (Wildman–Crippen LogP) is 5.54. The topological polar surface area (TPSA) is 94.7 Å². The average Bonchev–Trinajstić information content (AvgIpc) is 3.51. The van der Waals surface area contributed by atoms with Gasteiger partial charge in [0.05, 0.1) is 29.6 Å². The van der Waals surface area contributed by atoms with E-state index in [0.717, 1.165) is 27.9 Å². The summed E-state index contributed by atoms with van der Waals surface area (Å²) in [7, 11) is 0. The van der Waals surface area contributed by atoms with Crippen LogP contribution in [0, 0.1) is 13.8 Å². The first-order valence-electron chi connectivity index (χ1n) is 12.1. The quantitative estimate of drug-likeness (QED) is 0.222. The number of nitrogens with zero attached hydrogens (tertiary/aromatic N) is 5. The summed E-state index contributed by atoms with van der Waals surface area (Å²) in [5.74, 6) is -0.457. The molecule has 0 aliphatic rings. The smallest absolute Gasteiger partial charge is 0.273 e. The number of hydrogen-bond donors (Lipinski definition) is 1. The van der Waals surface area contributed by atoms with E-state index in [2.05, 4.69) is 27.1 Å². The zero-order valence-electron chi connectivity index (χ0n) is 21.1. The van der Waals surface area contributed by atoms with Crippen molar-refractivity contribution in [1.82, 2.24) is 24.5 Å². The van der Waals surface area contributed by atoms with E-state index in [0.29, 0.717) is 29.1 Å². The molecule has 8 heteroatoms. The Bertz CT molecular complexity index is 1690. The Balaban J connectivity index is 1.41. The Morgan fingerprint density at radius 1 is 1.03 bits per heavy atom. The number of pyridine rings is 1. The monoisotopic (exact) mass is 502 g/mol. The van der Waals surface area contributed by atoms with E-state index in [4.69, 9.17) is 0 Å². The second kappa shape index (κ2) is 10.5. The number of allylic oxidation sites excluding steroid dienone is 1. The van der Waals surface area contributed by atoms with Gasteiger partial charge in [0.2, 0.25) is 0 Å². The highest BCUT2D eigenvalue weighted by Gasteiger charge is 2.17. The van der Waals surface area contributed by atoms with Crippen molar-refractivity contribution in [3.8, 4) is 0 Å². The number of amides is 1. The van der Waals surface area contributed by atoms with Crippen LogP contribution in [0.5, 0.6) is 0 Å². The van der Waals surface area contributed by atoms with Crippen LogP contribution in [0.2, 0.25) is 0 Å². The van der Waals surface area contributed by atoms with E-state index >= 15 is 0 Å². The Morgan fingerprint density at radius 2 is 1.84 bits per heavy atom. The highest BCUT2D eigenvalue weighted by atomic mass is 16.2. The van der Waals surface area contributed by atoms with Gasteiger partial charge in [-0.25, -0.2) is 4.68 Å². The maximum absolute atomic E-state index is 13.5. The van der Waals surface area contributed by atoms with Crippen LogP contribution in [0.15, 0.2) is 85.7 Å². The molecule has 0 saturated carbocycles. The zero-order valence-corrected chi connectivity index (χ0v) is 21.1. The lowest BCUT2D eigenvalue weighted by Crippen LogP contribution is -2.18. The number of aromatic nitrogens is 5. The van der Waals surface area contributed by atoms with Crippen molar-refractivity contribution in [3.05, 3.63) is 119 Å². The van der Waals surface area contributed by atoms with Gasteiger partial charge in [-0.1, -0.05) is 36.4 Å². The molecule has 0 bridgehead atoms. The lowest BCUT2D eigenvalue weighted by Gasteiger charge is -2.11. The molecule has 1 N–H and O–H groups in total. The van der Waals surface area contributed by atoms with Crippen LogP contribution in [0.25, 0.3) is 23.2 Å². The van der Waals surface area contributed by atoms with E-state index in [1.807, 2.05) is 62.5 Å². The minimum atomic E-state index is -0.301. The molecule has 0 aliphatic heterocycles. The molecule has 38 heavy (non-hydrogen) atoms. The summed E-state index contributed by atoms with van der Waals surface area (Å²) in [5, 5.41) is 12.6. The summed E-state index contributed by atoms with van der Waals surface area (Å²) in [6.45, 7) is 7.86. The van der Waals surface area contributed by atoms with Crippen LogP contribution in [0.4, 0.5) is 5.69 Å². The summed E-state index contributed by atoms with van der Waals surface area (Å²) in [5.41, 5.74) is 5.17. The van der Waals surface area contributed by atoms with Crippen LogP contribution in [0.3, 0.4) is 0 Å². The predicted molar refractivity (Wildman–Crippen MR) is 149 cm³/mol. The molecule has 8 nitrogen and oxygen atoms in total. The van der Waals surface area contributed by atoms with Gasteiger partial charge in [0.1, 0.15) is 5.69 Å². The molecule has 0 aliphatic carbocycles. The maximum Gasteiger partial charge on any atom is 0.273 e. The SMILES string of the molecule is C=CCn1nc(C)cc1C(=O)Nc1cc(C(=O)c2ccc3cnn(C=Cc4ccccn4)c3c2)ccc1C. The van der Waals surface area contributed by atoms with E-state index in [9.17, 15) is 9.59 Å². The first-order chi connectivity index (χ1) is 18.4. The van der Waals surface area contributed by atoms with Crippen molar-refractivity contribution in [2.45, 2.75) is 20.4 Å². The summed E-state index contributed by atoms with van der Waals surface area (Å²) in [6.07, 6.45) is 8.85. The Morgan fingerprint density at radius 3 is 2.63 bits per heavy atom. The van der Waals surface area contributed by atoms with Crippen molar-refractivity contribution in [2.24, 2.45) is 0 Å². The zero-order chi connectivity index (χ0) is 26.6. The molecule has 188 valence electrons. The molecular formula is C30H26N6O2. The van der Waals surface area contributed by atoms with Crippen LogP contribution in [-0.4, -0.2) is 36.2 Å². The average molecular weight is 503 g/mol. The maximum atomic E-state index is 13.5. The molecule has 0 saturated heterocycles. The Hall–Kier alpha value is -5.11. The summed E-state index contributed by atoms with van der Waals surface area (Å²) in [6, 6.07) is 18.2. The molecular weight excluding hydrogens is 476 g/mol. The standard InChI is InChI=1S/C30H26N6O2/c1-4-14-36-28(16-21(3)34-36)30(38)33-26-17-22(9-8-20(26)2)29(37)23-10-11-24-19-32-35(27(24)18-23)15-12-25-7-5-6-13-31-25/h4-13,15-19H,1,14H2,2-3H3,(H,33,38). The second-order valence-corrected chi connectivity index (χ2v) is 8.89. The van der Waals surface area contributed by atoms with Crippen molar-refractivity contribution in [2.75, 3.05) is 5.32 Å². The van der Waals surface area contributed by atoms with Crippen molar-refractivity contribution in [1.29, 1.82) is 0 Å². The fourth-order valence-corrected chi connectivity index (χ4v) is 4.16. The van der Waals surface area contributed by atoms with Crippen molar-refractivity contribution < 1.29 is 9.59 Å². The van der Waals surface area contributed by atoms with Crippen molar-refractivity contribution >= 4 is 40.6 Å². The fourth-order valence-electron chi connectivity index (χ4n) is 4.16. The third kappa shape index (κ3) is 5.05. The van der Waals surface area contributed by atoms with Gasteiger partial charge in [0, 0.05) is 34.6 Å². The third-order valence-electron chi connectivity index (χ3n) is 6.12. The molecule has 0 radical (unpaired) electrons. The number of hydrogen-bond acceptors (Lipinski definition) is 5. The number of fused-ring (bicyclic) bond motifs is 1. The number of nitrogens with one attached hydrogen (secondary N) is 1. The van der Waals surface area contributed by atoms with E-state index in [1.165, 1.54) is 0 Å². The fraction of sp³-hybridized carbons (Fsp3) is 0.100. The molecule has 0 fully saturated rings. The van der Waals surface area contributed by atoms with Gasteiger partial charge in [-0.2, -0.15) is 10.2 Å². The van der Waals surface area contributed by atoms with Crippen LogP contribution >= 0.6 is 0 Å². The third-order valence-corrected chi connectivity index (χ3v) is 6.12. The molecule has 3 heterocycles. The van der Waals surface area contributed by atoms with Gasteiger partial charge in [0.15, 0.2) is 5.78 Å². The highest BCUT2D eigenvalue weighted by molar-refractivity contribution is 6.12. The molecule has 0 unspecified atom stereocenters. The molecule has 5 rings (SSSR count). The van der Waals surface area contributed by atoms with E-state index in [1.54, 1.807) is 52.1 Å². The lowest BCUT2D eigenvalue weighted by molar-refractivity contribution is 0.101. The van der Waals surface area contributed by atoms with Gasteiger partial charge in [-0.3, -0.25) is 19.3 Å². The Kier molecular flexibility index (Phi) is 6.78. The molecule has 2 aromatic carbocycles. The number of benzene rings is 2. The summed E-state index contributed by atoms with van der Waals surface area (Å²) >= 11 is 0. The highest BCUT2D eigenvalue weighted by Crippen LogP contribution is 2.23. The number of ketones is 1. The summed E-state index contributed by atoms with van der Waals surface area (Å²) in [4.78, 5) is 30.8.